The van der Waals surface area contributed by atoms with Crippen LogP contribution in [0.3, 0.4) is 0 Å². The van der Waals surface area contributed by atoms with Gasteiger partial charge in [0, 0.05) is 58.4 Å². The number of hydrogen-bond donors (Lipinski definition) is 2. The number of carbonyl (C=O) groups excluding carboxylic acids is 1. The van der Waals surface area contributed by atoms with Crippen LogP contribution >= 0.6 is 0 Å². The fourth-order valence-electron chi connectivity index (χ4n) is 5.05. The number of nitrogens with one attached hydrogen (secondary N) is 1. The molecule has 1 atom stereocenters. The number of benzene rings is 1. The number of amides is 1. The van der Waals surface area contributed by atoms with Crippen LogP contribution in [0.2, 0.25) is 0 Å². The number of alkyl halides is 3. The van der Waals surface area contributed by atoms with Crippen molar-refractivity contribution < 1.29 is 27.8 Å². The minimum atomic E-state index is -4.70. The molecule has 0 radical (unpaired) electrons. The second kappa shape index (κ2) is 14.4. The average molecular weight is 576 g/mol. The molecule has 0 aliphatic carbocycles. The Hall–Kier alpha value is -3.47. The van der Waals surface area contributed by atoms with E-state index in [4.69, 9.17) is 15.1 Å². The second-order valence-corrected chi connectivity index (χ2v) is 10.2. The molecular formula is C28H36F3N7O3. The number of piperidine rings is 1. The van der Waals surface area contributed by atoms with Crippen LogP contribution in [0.25, 0.3) is 0 Å². The number of halogens is 3. The molecule has 2 aliphatic heterocycles. The van der Waals surface area contributed by atoms with E-state index in [2.05, 4.69) is 26.3 Å². The van der Waals surface area contributed by atoms with Crippen molar-refractivity contribution in [3.8, 4) is 6.07 Å². The second-order valence-electron chi connectivity index (χ2n) is 10.2. The molecular weight excluding hydrogens is 539 g/mol. The van der Waals surface area contributed by atoms with Gasteiger partial charge < -0.3 is 25.0 Å². The van der Waals surface area contributed by atoms with Gasteiger partial charge in [-0.3, -0.25) is 9.69 Å². The number of nitriles is 1. The monoisotopic (exact) mass is 575 g/mol. The topological polar surface area (TPSA) is 118 Å². The summed E-state index contributed by atoms with van der Waals surface area (Å²) in [6.07, 6.45) is -2.78. The number of carbonyl (C=O) groups is 1. The highest BCUT2D eigenvalue weighted by Crippen LogP contribution is 2.32. The van der Waals surface area contributed by atoms with Crippen molar-refractivity contribution in [2.45, 2.75) is 25.4 Å². The van der Waals surface area contributed by atoms with E-state index < -0.39 is 12.0 Å². The van der Waals surface area contributed by atoms with Gasteiger partial charge in [-0.25, -0.2) is 9.97 Å². The van der Waals surface area contributed by atoms with Gasteiger partial charge in [0.15, 0.2) is 0 Å². The molecule has 10 nitrogen and oxygen atoms in total. The van der Waals surface area contributed by atoms with Crippen LogP contribution in [0.4, 0.5) is 24.8 Å². The molecule has 1 unspecified atom stereocenters. The molecule has 2 aliphatic rings. The van der Waals surface area contributed by atoms with Crippen molar-refractivity contribution in [3.05, 3.63) is 47.3 Å². The number of anilines is 2. The Morgan fingerprint density at radius 3 is 2.44 bits per heavy atom. The summed E-state index contributed by atoms with van der Waals surface area (Å²) < 4.78 is 46.7. The first-order chi connectivity index (χ1) is 19.8. The summed E-state index contributed by atoms with van der Waals surface area (Å²) in [4.78, 5) is 26.4. The van der Waals surface area contributed by atoms with E-state index in [1.54, 1.807) is 23.1 Å². The average Bonchev–Trinajstić information content (AvgIpc) is 2.99. The molecule has 2 aromatic rings. The van der Waals surface area contributed by atoms with E-state index in [0.717, 1.165) is 5.56 Å². The van der Waals surface area contributed by atoms with E-state index in [0.29, 0.717) is 77.2 Å². The van der Waals surface area contributed by atoms with Crippen molar-refractivity contribution in [2.75, 3.05) is 82.0 Å². The van der Waals surface area contributed by atoms with E-state index in [9.17, 15) is 18.0 Å². The molecule has 41 heavy (non-hydrogen) atoms. The Balaban J connectivity index is 1.37. The standard InChI is InChI=1S/C28H36F3N7O3/c29-28(30,31)27-34-24(37-12-10-36(11-13-37)14-16-41-17-15-39)18-25(35-27)38-9-1-2-23(20-38)26(40)33-8-7-21-3-5-22(19-32)6-4-21/h3-6,18,23,39H,1-2,7-17,20H2,(H,33,40). The minimum absolute atomic E-state index is 0.0340. The largest absolute Gasteiger partial charge is 0.451 e. The Bertz CT molecular complexity index is 1180. The van der Waals surface area contributed by atoms with Crippen LogP contribution in [0.15, 0.2) is 30.3 Å². The van der Waals surface area contributed by atoms with Gasteiger partial charge in [-0.15, -0.1) is 0 Å². The van der Waals surface area contributed by atoms with Crippen LogP contribution in [-0.2, 0) is 22.1 Å². The third-order valence-electron chi connectivity index (χ3n) is 7.35. The smallest absolute Gasteiger partial charge is 0.394 e. The zero-order valence-electron chi connectivity index (χ0n) is 22.9. The number of ether oxygens (including phenoxy) is 1. The normalized spacial score (nSPS) is 18.3. The van der Waals surface area contributed by atoms with Gasteiger partial charge in [-0.05, 0) is 37.0 Å². The van der Waals surface area contributed by atoms with Crippen LogP contribution in [0, 0.1) is 17.2 Å². The van der Waals surface area contributed by atoms with Gasteiger partial charge in [0.1, 0.15) is 11.6 Å². The molecule has 2 fully saturated rings. The zero-order valence-corrected chi connectivity index (χ0v) is 22.9. The molecule has 0 bridgehead atoms. The third kappa shape index (κ3) is 8.76. The zero-order chi connectivity index (χ0) is 29.2. The maximum absolute atomic E-state index is 13.8. The van der Waals surface area contributed by atoms with Crippen molar-refractivity contribution in [1.82, 2.24) is 20.2 Å². The van der Waals surface area contributed by atoms with E-state index >= 15 is 0 Å². The van der Waals surface area contributed by atoms with Crippen molar-refractivity contribution in [2.24, 2.45) is 5.92 Å². The third-order valence-corrected chi connectivity index (χ3v) is 7.35. The van der Waals surface area contributed by atoms with Crippen molar-refractivity contribution >= 4 is 17.5 Å². The fraction of sp³-hybridized carbons (Fsp3) is 0.571. The van der Waals surface area contributed by atoms with Gasteiger partial charge in [-0.1, -0.05) is 12.1 Å². The lowest BCUT2D eigenvalue weighted by molar-refractivity contribution is -0.144. The summed E-state index contributed by atoms with van der Waals surface area (Å²) in [5.41, 5.74) is 1.57. The summed E-state index contributed by atoms with van der Waals surface area (Å²) in [6, 6.07) is 10.8. The van der Waals surface area contributed by atoms with Crippen LogP contribution in [-0.4, -0.2) is 98.1 Å². The molecule has 13 heteroatoms. The number of piperazine rings is 1. The molecule has 1 amide bonds. The molecule has 222 valence electrons. The molecule has 1 aromatic carbocycles. The predicted octanol–water partition coefficient (Wildman–Crippen LogP) is 2.07. The Morgan fingerprint density at radius 1 is 1.07 bits per heavy atom. The van der Waals surface area contributed by atoms with Crippen LogP contribution < -0.4 is 15.1 Å². The number of aliphatic hydroxyl groups is 1. The highest BCUT2D eigenvalue weighted by Gasteiger charge is 2.37. The van der Waals surface area contributed by atoms with Crippen molar-refractivity contribution in [3.63, 3.8) is 0 Å². The highest BCUT2D eigenvalue weighted by atomic mass is 19.4. The lowest BCUT2D eigenvalue weighted by atomic mass is 9.97. The van der Waals surface area contributed by atoms with Crippen molar-refractivity contribution in [1.29, 1.82) is 5.26 Å². The summed E-state index contributed by atoms with van der Waals surface area (Å²) in [6.45, 7) is 4.94. The number of nitrogens with zero attached hydrogens (tertiary/aromatic N) is 6. The first-order valence-electron chi connectivity index (χ1n) is 13.9. The SMILES string of the molecule is N#Cc1ccc(CCNC(=O)C2CCCN(c3cc(N4CCN(CCOCCO)CC4)nc(C(F)(F)F)n3)C2)cc1. The molecule has 2 saturated heterocycles. The first kappa shape index (κ1) is 30.5. The van der Waals surface area contributed by atoms with Gasteiger partial charge >= 0.3 is 6.18 Å². The summed E-state index contributed by atoms with van der Waals surface area (Å²) in [5.74, 6) is -1.27. The number of hydrogen-bond acceptors (Lipinski definition) is 9. The molecule has 4 rings (SSSR count). The summed E-state index contributed by atoms with van der Waals surface area (Å²) in [5, 5.41) is 20.7. The van der Waals surface area contributed by atoms with Gasteiger partial charge in [0.25, 0.3) is 0 Å². The lowest BCUT2D eigenvalue weighted by Gasteiger charge is -2.37. The van der Waals surface area contributed by atoms with E-state index in [1.165, 1.54) is 0 Å². The Morgan fingerprint density at radius 2 is 1.78 bits per heavy atom. The van der Waals surface area contributed by atoms with Crippen LogP contribution in [0.1, 0.15) is 29.8 Å². The molecule has 1 aromatic heterocycles. The predicted molar refractivity (Wildman–Crippen MR) is 146 cm³/mol. The highest BCUT2D eigenvalue weighted by molar-refractivity contribution is 5.79. The number of aromatic nitrogens is 2. The lowest BCUT2D eigenvalue weighted by Crippen LogP contribution is -2.48. The maximum Gasteiger partial charge on any atom is 0.451 e. The Labute approximate surface area is 237 Å². The first-order valence-corrected chi connectivity index (χ1v) is 13.9. The summed E-state index contributed by atoms with van der Waals surface area (Å²) in [7, 11) is 0. The van der Waals surface area contributed by atoms with Gasteiger partial charge in [0.05, 0.1) is 37.4 Å². The molecule has 2 N–H and O–H groups in total. The Kier molecular flexibility index (Phi) is 10.7. The van der Waals surface area contributed by atoms with E-state index in [1.807, 2.05) is 17.0 Å². The maximum atomic E-state index is 13.8. The molecule has 0 saturated carbocycles. The van der Waals surface area contributed by atoms with E-state index in [-0.39, 0.29) is 43.2 Å². The van der Waals surface area contributed by atoms with Gasteiger partial charge in [0.2, 0.25) is 11.7 Å². The fourth-order valence-corrected chi connectivity index (χ4v) is 5.05. The number of aliphatic hydroxyl groups excluding tert-OH is 1. The summed E-state index contributed by atoms with van der Waals surface area (Å²) >= 11 is 0. The van der Waals surface area contributed by atoms with Crippen LogP contribution in [0.5, 0.6) is 0 Å². The molecule has 3 heterocycles. The molecule has 0 spiro atoms. The quantitative estimate of drug-likeness (QED) is 0.389. The van der Waals surface area contributed by atoms with Gasteiger partial charge in [-0.2, -0.15) is 18.4 Å². The number of rotatable bonds is 11. The minimum Gasteiger partial charge on any atom is -0.394 e.